The Labute approximate surface area is 112 Å². The van der Waals surface area contributed by atoms with E-state index >= 15 is 0 Å². The first-order valence-electron chi connectivity index (χ1n) is 6.36. The number of aromatic nitrogens is 2. The Hall–Kier alpha value is -1.19. The molecule has 1 saturated carbocycles. The topological polar surface area (TPSA) is 109 Å². The molecular formula is C10H19N5O3S. The highest BCUT2D eigenvalue weighted by molar-refractivity contribution is 7.89. The quantitative estimate of drug-likeness (QED) is 0.571. The van der Waals surface area contributed by atoms with Gasteiger partial charge in [0.15, 0.2) is 0 Å². The predicted molar refractivity (Wildman–Crippen MR) is 70.1 cm³/mol. The zero-order valence-electron chi connectivity index (χ0n) is 10.8. The molecule has 1 aromatic rings. The van der Waals surface area contributed by atoms with Crippen molar-refractivity contribution in [3.05, 3.63) is 5.89 Å². The molecule has 1 heterocycles. The van der Waals surface area contributed by atoms with Crippen LogP contribution in [0.15, 0.2) is 4.42 Å². The molecule has 0 bridgehead atoms. The van der Waals surface area contributed by atoms with Gasteiger partial charge in [0.25, 0.3) is 0 Å². The van der Waals surface area contributed by atoms with Gasteiger partial charge in [-0.25, -0.2) is 13.1 Å². The second kappa shape index (κ2) is 6.31. The standard InChI is InChI=1S/C10H19N5O3S/c1-2-13-19(16,17)6-5-11-10-15-14-9(18-10)7-12-8-3-4-8/h8,12-13H,2-7H2,1H3,(H,11,15). The molecule has 108 valence electrons. The summed E-state index contributed by atoms with van der Waals surface area (Å²) in [7, 11) is -3.22. The number of anilines is 1. The van der Waals surface area contributed by atoms with Crippen LogP contribution >= 0.6 is 0 Å². The largest absolute Gasteiger partial charge is 0.407 e. The van der Waals surface area contributed by atoms with Gasteiger partial charge in [-0.3, -0.25) is 0 Å². The van der Waals surface area contributed by atoms with Gasteiger partial charge >= 0.3 is 6.01 Å². The van der Waals surface area contributed by atoms with E-state index in [1.807, 2.05) is 0 Å². The van der Waals surface area contributed by atoms with Gasteiger partial charge in [0.05, 0.1) is 12.3 Å². The van der Waals surface area contributed by atoms with Crippen LogP contribution in [-0.4, -0.2) is 43.5 Å². The molecule has 0 radical (unpaired) electrons. The van der Waals surface area contributed by atoms with Crippen LogP contribution in [0.4, 0.5) is 6.01 Å². The molecule has 8 nitrogen and oxygen atoms in total. The highest BCUT2D eigenvalue weighted by atomic mass is 32.2. The van der Waals surface area contributed by atoms with E-state index < -0.39 is 10.0 Å². The van der Waals surface area contributed by atoms with Crippen LogP contribution in [0, 0.1) is 0 Å². The number of hydrogen-bond acceptors (Lipinski definition) is 7. The van der Waals surface area contributed by atoms with E-state index in [9.17, 15) is 8.42 Å². The lowest BCUT2D eigenvalue weighted by Crippen LogP contribution is -2.29. The molecule has 0 unspecified atom stereocenters. The normalized spacial score (nSPS) is 15.6. The number of sulfonamides is 1. The number of nitrogens with one attached hydrogen (secondary N) is 3. The monoisotopic (exact) mass is 289 g/mol. The second-order valence-corrected chi connectivity index (χ2v) is 6.33. The summed E-state index contributed by atoms with van der Waals surface area (Å²) in [6, 6.07) is 0.827. The van der Waals surface area contributed by atoms with Crippen LogP contribution in [-0.2, 0) is 16.6 Å². The Morgan fingerprint density at radius 1 is 1.37 bits per heavy atom. The fourth-order valence-electron chi connectivity index (χ4n) is 1.50. The van der Waals surface area contributed by atoms with Crippen molar-refractivity contribution in [2.45, 2.75) is 32.4 Å². The third-order valence-corrected chi connectivity index (χ3v) is 4.07. The molecule has 0 atom stereocenters. The van der Waals surface area contributed by atoms with Gasteiger partial charge in [0.1, 0.15) is 0 Å². The average molecular weight is 289 g/mol. The molecule has 9 heteroatoms. The minimum absolute atomic E-state index is 0.0289. The summed E-state index contributed by atoms with van der Waals surface area (Å²) in [6.45, 7) is 2.91. The number of rotatable bonds is 9. The molecule has 2 rings (SSSR count). The van der Waals surface area contributed by atoms with Crippen molar-refractivity contribution in [2.24, 2.45) is 0 Å². The van der Waals surface area contributed by atoms with Crippen molar-refractivity contribution in [2.75, 3.05) is 24.2 Å². The zero-order chi connectivity index (χ0) is 13.7. The molecule has 3 N–H and O–H groups in total. The first-order chi connectivity index (χ1) is 9.09. The summed E-state index contributed by atoms with van der Waals surface area (Å²) >= 11 is 0. The van der Waals surface area contributed by atoms with Crippen LogP contribution in [0.2, 0.25) is 0 Å². The lowest BCUT2D eigenvalue weighted by molar-refractivity contribution is 0.476. The third kappa shape index (κ3) is 5.13. The van der Waals surface area contributed by atoms with Gasteiger partial charge in [-0.05, 0) is 12.8 Å². The van der Waals surface area contributed by atoms with Gasteiger partial charge in [0.2, 0.25) is 15.9 Å². The van der Waals surface area contributed by atoms with E-state index in [0.29, 0.717) is 25.0 Å². The van der Waals surface area contributed by atoms with Crippen LogP contribution in [0.1, 0.15) is 25.7 Å². The summed E-state index contributed by atoms with van der Waals surface area (Å²) in [5.74, 6) is 0.475. The lowest BCUT2D eigenvalue weighted by Gasteiger charge is -2.03. The van der Waals surface area contributed by atoms with Gasteiger partial charge in [-0.1, -0.05) is 12.0 Å². The molecule has 0 aliphatic heterocycles. The van der Waals surface area contributed by atoms with Gasteiger partial charge in [0, 0.05) is 19.1 Å². The van der Waals surface area contributed by atoms with Crippen LogP contribution in [0.3, 0.4) is 0 Å². The maximum atomic E-state index is 11.4. The minimum atomic E-state index is -3.22. The smallest absolute Gasteiger partial charge is 0.315 e. The van der Waals surface area contributed by atoms with E-state index in [4.69, 9.17) is 4.42 Å². The molecule has 0 spiro atoms. The first-order valence-corrected chi connectivity index (χ1v) is 8.01. The molecule has 0 saturated heterocycles. The summed E-state index contributed by atoms with van der Waals surface area (Å²) < 4.78 is 30.5. The fraction of sp³-hybridized carbons (Fsp3) is 0.800. The number of hydrogen-bond donors (Lipinski definition) is 3. The van der Waals surface area contributed by atoms with Crippen LogP contribution in [0.5, 0.6) is 0 Å². The van der Waals surface area contributed by atoms with E-state index in [0.717, 1.165) is 0 Å². The minimum Gasteiger partial charge on any atom is -0.407 e. The van der Waals surface area contributed by atoms with Gasteiger partial charge in [-0.15, -0.1) is 5.10 Å². The second-order valence-electron chi connectivity index (χ2n) is 4.40. The lowest BCUT2D eigenvalue weighted by atomic mass is 10.6. The molecule has 19 heavy (non-hydrogen) atoms. The van der Waals surface area contributed by atoms with Crippen molar-refractivity contribution >= 4 is 16.0 Å². The van der Waals surface area contributed by atoms with E-state index in [1.165, 1.54) is 12.8 Å². The van der Waals surface area contributed by atoms with E-state index in [2.05, 4.69) is 25.6 Å². The first kappa shape index (κ1) is 14.2. The molecular weight excluding hydrogens is 270 g/mol. The van der Waals surface area contributed by atoms with Crippen LogP contribution in [0.25, 0.3) is 0 Å². The van der Waals surface area contributed by atoms with Crippen molar-refractivity contribution in [3.8, 4) is 0 Å². The summed E-state index contributed by atoms with van der Waals surface area (Å²) in [4.78, 5) is 0. The van der Waals surface area contributed by atoms with Crippen LogP contribution < -0.4 is 15.4 Å². The third-order valence-electron chi connectivity index (χ3n) is 2.60. The molecule has 0 amide bonds. The zero-order valence-corrected chi connectivity index (χ0v) is 11.7. The molecule has 1 fully saturated rings. The Morgan fingerprint density at radius 3 is 2.84 bits per heavy atom. The van der Waals surface area contributed by atoms with E-state index in [1.54, 1.807) is 6.92 Å². The molecule has 0 aromatic carbocycles. The highest BCUT2D eigenvalue weighted by Gasteiger charge is 2.21. The fourth-order valence-corrected chi connectivity index (χ4v) is 2.45. The summed E-state index contributed by atoms with van der Waals surface area (Å²) in [5.41, 5.74) is 0. The predicted octanol–water partition coefficient (Wildman–Crippen LogP) is -0.327. The Balaban J connectivity index is 1.70. The van der Waals surface area contributed by atoms with E-state index in [-0.39, 0.29) is 18.3 Å². The maximum absolute atomic E-state index is 11.4. The van der Waals surface area contributed by atoms with Gasteiger partial charge in [-0.2, -0.15) is 0 Å². The maximum Gasteiger partial charge on any atom is 0.315 e. The Kier molecular flexibility index (Phi) is 4.72. The molecule has 1 aliphatic rings. The van der Waals surface area contributed by atoms with Crippen molar-refractivity contribution in [1.82, 2.24) is 20.2 Å². The summed E-state index contributed by atoms with van der Waals surface area (Å²) in [6.07, 6.45) is 2.39. The van der Waals surface area contributed by atoms with Gasteiger partial charge < -0.3 is 15.1 Å². The highest BCUT2D eigenvalue weighted by Crippen LogP contribution is 2.19. The van der Waals surface area contributed by atoms with Crippen molar-refractivity contribution in [1.29, 1.82) is 0 Å². The molecule has 1 aliphatic carbocycles. The van der Waals surface area contributed by atoms with Crippen molar-refractivity contribution in [3.63, 3.8) is 0 Å². The molecule has 1 aromatic heterocycles. The average Bonchev–Trinajstić information content (AvgIpc) is 3.07. The number of nitrogens with zero attached hydrogens (tertiary/aromatic N) is 2. The Morgan fingerprint density at radius 2 is 2.16 bits per heavy atom. The van der Waals surface area contributed by atoms with Crippen molar-refractivity contribution < 1.29 is 12.8 Å². The summed E-state index contributed by atoms with van der Waals surface area (Å²) in [5, 5.41) is 13.7. The SMILES string of the molecule is CCNS(=O)(=O)CCNc1nnc(CNC2CC2)o1. The Bertz CT molecular complexity index is 497.